The largest absolute Gasteiger partial charge is 0.573 e. The average molecular weight is 452 g/mol. The van der Waals surface area contributed by atoms with Crippen molar-refractivity contribution in [2.24, 2.45) is 0 Å². The zero-order chi connectivity index (χ0) is 23.0. The van der Waals surface area contributed by atoms with E-state index in [1.807, 2.05) is 6.07 Å². The molecule has 2 amide bonds. The molecular formula is C22H27F3N4O3. The highest BCUT2D eigenvalue weighted by Crippen LogP contribution is 2.37. The highest BCUT2D eigenvalue weighted by atomic mass is 19.4. The van der Waals surface area contributed by atoms with Gasteiger partial charge in [-0.25, -0.2) is 4.79 Å². The Bertz CT molecular complexity index is 939. The first-order valence-corrected chi connectivity index (χ1v) is 10.7. The molecule has 1 aromatic heterocycles. The Hall–Kier alpha value is -2.75. The maximum absolute atomic E-state index is 13.0. The van der Waals surface area contributed by atoms with Crippen LogP contribution in [0.15, 0.2) is 30.3 Å². The molecule has 2 aromatic rings. The standard InChI is InChI=1S/C22H27F3N4O3/c1-13(2)19-8-20(27-26-19)16-7-15(9-28(10-16)21(31)29-11-17(30)12-29)14-3-5-18(6-4-14)32-22(23,24)25/h3-6,8,13,15-17,30H,7,9-12H2,1-2H3,(H,26,27). The fraction of sp³-hybridized carbons (Fsp3) is 0.545. The van der Waals surface area contributed by atoms with Crippen LogP contribution < -0.4 is 4.74 Å². The number of likely N-dealkylation sites (tertiary alicyclic amines) is 2. The Morgan fingerprint density at radius 3 is 2.31 bits per heavy atom. The number of ether oxygens (including phenoxy) is 1. The number of β-amino-alcohol motifs (C(OH)–C–C–N with tert-alkyl or cyclic N) is 1. The summed E-state index contributed by atoms with van der Waals surface area (Å²) >= 11 is 0. The first-order valence-electron chi connectivity index (χ1n) is 10.7. The summed E-state index contributed by atoms with van der Waals surface area (Å²) in [6.07, 6.45) is -4.50. The van der Waals surface area contributed by atoms with Gasteiger partial charge < -0.3 is 19.6 Å². The molecule has 0 radical (unpaired) electrons. The number of carbonyl (C=O) groups is 1. The van der Waals surface area contributed by atoms with Gasteiger partial charge in [0.05, 0.1) is 24.9 Å². The van der Waals surface area contributed by atoms with Crippen molar-refractivity contribution in [3.8, 4) is 5.75 Å². The normalized spacial score (nSPS) is 22.2. The minimum atomic E-state index is -4.74. The van der Waals surface area contributed by atoms with E-state index in [1.54, 1.807) is 21.9 Å². The number of aromatic nitrogens is 2. The summed E-state index contributed by atoms with van der Waals surface area (Å²) in [5.74, 6) is -0.0586. The Morgan fingerprint density at radius 1 is 1.12 bits per heavy atom. The first kappa shape index (κ1) is 22.4. The van der Waals surface area contributed by atoms with Crippen molar-refractivity contribution in [1.82, 2.24) is 20.0 Å². The van der Waals surface area contributed by atoms with Gasteiger partial charge in [0.1, 0.15) is 5.75 Å². The molecule has 10 heteroatoms. The van der Waals surface area contributed by atoms with Gasteiger partial charge in [-0.1, -0.05) is 26.0 Å². The lowest BCUT2D eigenvalue weighted by molar-refractivity contribution is -0.274. The smallest absolute Gasteiger partial charge is 0.406 e. The number of amides is 2. The van der Waals surface area contributed by atoms with Crippen LogP contribution in [0.2, 0.25) is 0 Å². The third-order valence-corrected chi connectivity index (χ3v) is 6.09. The summed E-state index contributed by atoms with van der Waals surface area (Å²) in [6, 6.07) is 7.74. The number of hydrogen-bond donors (Lipinski definition) is 2. The third-order valence-electron chi connectivity index (χ3n) is 6.09. The van der Waals surface area contributed by atoms with E-state index >= 15 is 0 Å². The summed E-state index contributed by atoms with van der Waals surface area (Å²) in [7, 11) is 0. The molecule has 2 aliphatic rings. The SMILES string of the molecule is CC(C)c1cc(C2CC(c3ccc(OC(F)(F)F)cc3)CN(C(=O)N3CC(O)C3)C2)[nH]n1. The van der Waals surface area contributed by atoms with Gasteiger partial charge in [-0.2, -0.15) is 5.10 Å². The lowest BCUT2D eigenvalue weighted by Gasteiger charge is -2.44. The number of nitrogens with zero attached hydrogens (tertiary/aromatic N) is 3. The molecule has 2 unspecified atom stereocenters. The first-order chi connectivity index (χ1) is 15.1. The van der Waals surface area contributed by atoms with E-state index in [-0.39, 0.29) is 29.5 Å². The Labute approximate surface area is 184 Å². The quantitative estimate of drug-likeness (QED) is 0.740. The summed E-state index contributed by atoms with van der Waals surface area (Å²) < 4.78 is 41.4. The van der Waals surface area contributed by atoms with Gasteiger partial charge >= 0.3 is 12.4 Å². The van der Waals surface area contributed by atoms with E-state index in [0.29, 0.717) is 26.2 Å². The van der Waals surface area contributed by atoms with E-state index in [0.717, 1.165) is 23.4 Å². The fourth-order valence-corrected chi connectivity index (χ4v) is 4.33. The second kappa shape index (κ2) is 8.65. The van der Waals surface area contributed by atoms with Gasteiger partial charge in [-0.3, -0.25) is 5.10 Å². The number of H-pyrrole nitrogens is 1. The van der Waals surface area contributed by atoms with E-state index < -0.39 is 12.5 Å². The van der Waals surface area contributed by atoms with Crippen LogP contribution in [0, 0.1) is 0 Å². The summed E-state index contributed by atoms with van der Waals surface area (Å²) in [5.41, 5.74) is 2.73. The van der Waals surface area contributed by atoms with Crippen LogP contribution in [-0.2, 0) is 0 Å². The minimum absolute atomic E-state index is 0.00926. The lowest BCUT2D eigenvalue weighted by atomic mass is 9.83. The predicted molar refractivity (Wildman–Crippen MR) is 110 cm³/mol. The highest BCUT2D eigenvalue weighted by molar-refractivity contribution is 5.75. The topological polar surface area (TPSA) is 81.7 Å². The molecule has 2 saturated heterocycles. The molecule has 0 aliphatic carbocycles. The minimum Gasteiger partial charge on any atom is -0.406 e. The van der Waals surface area contributed by atoms with Crippen molar-refractivity contribution >= 4 is 6.03 Å². The molecule has 174 valence electrons. The molecule has 3 heterocycles. The Kier molecular flexibility index (Phi) is 6.07. The van der Waals surface area contributed by atoms with Crippen LogP contribution in [-0.4, -0.2) is 69.8 Å². The maximum Gasteiger partial charge on any atom is 0.573 e. The number of halogens is 3. The highest BCUT2D eigenvalue weighted by Gasteiger charge is 2.38. The van der Waals surface area contributed by atoms with Crippen molar-refractivity contribution in [2.45, 2.75) is 50.5 Å². The lowest BCUT2D eigenvalue weighted by Crippen LogP contribution is -2.59. The molecule has 0 bridgehead atoms. The molecule has 4 rings (SSSR count). The summed E-state index contributed by atoms with van der Waals surface area (Å²) in [4.78, 5) is 16.3. The molecular weight excluding hydrogens is 425 g/mol. The number of benzene rings is 1. The molecule has 7 nitrogen and oxygen atoms in total. The molecule has 2 atom stereocenters. The molecule has 1 aromatic carbocycles. The van der Waals surface area contributed by atoms with Crippen LogP contribution in [0.1, 0.15) is 55.0 Å². The van der Waals surface area contributed by atoms with Crippen LogP contribution in [0.25, 0.3) is 0 Å². The molecule has 32 heavy (non-hydrogen) atoms. The third kappa shape index (κ3) is 5.01. The number of aromatic amines is 1. The molecule has 2 N–H and O–H groups in total. The van der Waals surface area contributed by atoms with E-state index in [1.165, 1.54) is 12.1 Å². The van der Waals surface area contributed by atoms with Gasteiger partial charge in [-0.05, 0) is 36.1 Å². The van der Waals surface area contributed by atoms with E-state index in [9.17, 15) is 23.1 Å². The molecule has 0 spiro atoms. The van der Waals surface area contributed by atoms with Gasteiger partial charge in [-0.15, -0.1) is 13.2 Å². The van der Waals surface area contributed by atoms with Gasteiger partial charge in [0.2, 0.25) is 0 Å². The van der Waals surface area contributed by atoms with Crippen molar-refractivity contribution in [1.29, 1.82) is 0 Å². The van der Waals surface area contributed by atoms with Crippen LogP contribution in [0.5, 0.6) is 5.75 Å². The second-order valence-corrected chi connectivity index (χ2v) is 8.90. The van der Waals surface area contributed by atoms with Gasteiger partial charge in [0.25, 0.3) is 0 Å². The number of alkyl halides is 3. The number of urea groups is 1. The zero-order valence-corrected chi connectivity index (χ0v) is 18.0. The van der Waals surface area contributed by atoms with Gasteiger partial charge in [0, 0.05) is 30.6 Å². The maximum atomic E-state index is 13.0. The number of aliphatic hydroxyl groups excluding tert-OH is 1. The van der Waals surface area contributed by atoms with Crippen molar-refractivity contribution in [3.63, 3.8) is 0 Å². The van der Waals surface area contributed by atoms with Crippen LogP contribution >= 0.6 is 0 Å². The molecule has 2 fully saturated rings. The Morgan fingerprint density at radius 2 is 1.75 bits per heavy atom. The predicted octanol–water partition coefficient (Wildman–Crippen LogP) is 3.80. The number of carbonyl (C=O) groups excluding carboxylic acids is 1. The number of hydrogen-bond acceptors (Lipinski definition) is 4. The van der Waals surface area contributed by atoms with Crippen LogP contribution in [0.4, 0.5) is 18.0 Å². The monoisotopic (exact) mass is 452 g/mol. The van der Waals surface area contributed by atoms with Crippen molar-refractivity contribution in [2.75, 3.05) is 26.2 Å². The van der Waals surface area contributed by atoms with Crippen molar-refractivity contribution < 1.29 is 27.8 Å². The summed E-state index contributed by atoms with van der Waals surface area (Å²) in [6.45, 7) is 5.70. The molecule has 2 aliphatic heterocycles. The average Bonchev–Trinajstić information content (AvgIpc) is 3.21. The number of rotatable bonds is 4. The summed E-state index contributed by atoms with van der Waals surface area (Å²) in [5, 5.41) is 17.1. The van der Waals surface area contributed by atoms with Gasteiger partial charge in [0.15, 0.2) is 0 Å². The zero-order valence-electron chi connectivity index (χ0n) is 18.0. The van der Waals surface area contributed by atoms with E-state index in [4.69, 9.17) is 0 Å². The van der Waals surface area contributed by atoms with E-state index in [2.05, 4.69) is 28.8 Å². The second-order valence-electron chi connectivity index (χ2n) is 8.90. The number of nitrogens with one attached hydrogen (secondary N) is 1. The Balaban J connectivity index is 1.55. The number of piperidine rings is 1. The van der Waals surface area contributed by atoms with Crippen molar-refractivity contribution in [3.05, 3.63) is 47.3 Å². The number of aliphatic hydroxyl groups is 1. The fourth-order valence-electron chi connectivity index (χ4n) is 4.33. The molecule has 0 saturated carbocycles. The van der Waals surface area contributed by atoms with Crippen LogP contribution in [0.3, 0.4) is 0 Å².